The van der Waals surface area contributed by atoms with Crippen molar-refractivity contribution < 1.29 is 28.7 Å². The number of benzene rings is 3. The molecule has 3 aromatic rings. The first-order valence-corrected chi connectivity index (χ1v) is 20.5. The van der Waals surface area contributed by atoms with Crippen molar-refractivity contribution in [3.63, 3.8) is 0 Å². The first kappa shape index (κ1) is 37.1. The second-order valence-electron chi connectivity index (χ2n) is 17.2. The minimum absolute atomic E-state index is 0.00979. The van der Waals surface area contributed by atoms with Crippen LogP contribution in [0.25, 0.3) is 0 Å². The van der Waals surface area contributed by atoms with Gasteiger partial charge in [-0.2, -0.15) is 5.26 Å². The molecule has 4 fully saturated rings. The SMILES string of the molecule is Cc1cc(OC2CC3(CCC(NC(=O)c4ccc(N5CCC(CN6Cc7cc8c(cc7C6)C(=O)N(C6CCC(=O)NC6=O)C8=O)CC5)cc4)CC3)C2)ccc1C#N. The minimum Gasteiger partial charge on any atom is -0.490 e. The van der Waals surface area contributed by atoms with Gasteiger partial charge < -0.3 is 15.0 Å². The lowest BCUT2D eigenvalue weighted by Crippen LogP contribution is -2.54. The summed E-state index contributed by atoms with van der Waals surface area (Å²) in [4.78, 5) is 69.7. The van der Waals surface area contributed by atoms with Crippen molar-refractivity contribution >= 4 is 35.2 Å². The van der Waals surface area contributed by atoms with E-state index in [0.717, 1.165) is 104 Å². The number of piperidine rings is 2. The lowest BCUT2D eigenvalue weighted by molar-refractivity contribution is -0.136. The van der Waals surface area contributed by atoms with Gasteiger partial charge in [0.05, 0.1) is 28.9 Å². The van der Waals surface area contributed by atoms with E-state index in [2.05, 4.69) is 38.6 Å². The summed E-state index contributed by atoms with van der Waals surface area (Å²) < 4.78 is 6.22. The van der Waals surface area contributed by atoms with Crippen LogP contribution in [0.2, 0.25) is 0 Å². The molecule has 12 heteroatoms. The molecule has 1 atom stereocenters. The average Bonchev–Trinajstić information content (AvgIpc) is 3.70. The fourth-order valence-corrected chi connectivity index (χ4v) is 10.2. The highest BCUT2D eigenvalue weighted by Crippen LogP contribution is 2.53. The quantitative estimate of drug-likeness (QED) is 0.287. The van der Waals surface area contributed by atoms with Crippen LogP contribution >= 0.6 is 0 Å². The number of hydrogen-bond acceptors (Lipinski definition) is 9. The third-order valence-corrected chi connectivity index (χ3v) is 13.5. The molecule has 4 aliphatic heterocycles. The Morgan fingerprint density at radius 1 is 0.895 bits per heavy atom. The molecule has 0 aromatic heterocycles. The van der Waals surface area contributed by atoms with Gasteiger partial charge in [0.15, 0.2) is 0 Å². The second kappa shape index (κ2) is 14.8. The number of aryl methyl sites for hydroxylation is 1. The highest BCUT2D eigenvalue weighted by Gasteiger charge is 2.48. The van der Waals surface area contributed by atoms with Crippen LogP contribution < -0.4 is 20.3 Å². The third-order valence-electron chi connectivity index (χ3n) is 13.5. The zero-order valence-corrected chi connectivity index (χ0v) is 32.4. The van der Waals surface area contributed by atoms with Crippen LogP contribution in [0.1, 0.15) is 118 Å². The predicted molar refractivity (Wildman–Crippen MR) is 210 cm³/mol. The maximum absolute atomic E-state index is 13.3. The Labute approximate surface area is 332 Å². The molecular formula is C45H48N6O6. The van der Waals surface area contributed by atoms with E-state index in [9.17, 15) is 29.2 Å². The Morgan fingerprint density at radius 3 is 2.18 bits per heavy atom. The lowest BCUT2D eigenvalue weighted by atomic mass is 9.58. The number of carbonyl (C=O) groups is 5. The van der Waals surface area contributed by atoms with Crippen molar-refractivity contribution in [3.8, 4) is 11.8 Å². The Morgan fingerprint density at radius 2 is 1.56 bits per heavy atom. The predicted octanol–water partition coefficient (Wildman–Crippen LogP) is 5.40. The summed E-state index contributed by atoms with van der Waals surface area (Å²) in [6.45, 7) is 6.17. The second-order valence-corrected chi connectivity index (χ2v) is 17.2. The normalized spacial score (nSPS) is 26.1. The van der Waals surface area contributed by atoms with Crippen LogP contribution in [-0.4, -0.2) is 77.2 Å². The molecule has 3 aromatic carbocycles. The van der Waals surface area contributed by atoms with Crippen LogP contribution in [0.3, 0.4) is 0 Å². The molecule has 1 unspecified atom stereocenters. The standard InChI is InChI=1S/C45H48N6O6/c1-27-18-35(7-4-30(27)23-46)57-36-21-45(22-36)14-10-33(11-15-45)47-41(53)29-2-5-34(6-3-29)50-16-12-28(13-17-50)24-49-25-31-19-37-38(20-32(31)26-49)44(56)51(43(37)55)39-8-9-40(52)48-42(39)54/h2-7,18-20,28,33,36,39H,8-17,21-22,24-26H2,1H3,(H,47,53)(H,48,52,54). The fourth-order valence-electron chi connectivity index (χ4n) is 10.2. The van der Waals surface area contributed by atoms with Gasteiger partial charge in [-0.3, -0.25) is 39.1 Å². The fraction of sp³-hybridized carbons (Fsp3) is 0.467. The molecule has 6 aliphatic rings. The van der Waals surface area contributed by atoms with Crippen LogP contribution in [-0.2, 0) is 22.7 Å². The molecule has 57 heavy (non-hydrogen) atoms. The maximum Gasteiger partial charge on any atom is 0.262 e. The molecule has 1 spiro atoms. The van der Waals surface area contributed by atoms with Crippen LogP contribution in [0, 0.1) is 29.6 Å². The molecule has 2 aliphatic carbocycles. The van der Waals surface area contributed by atoms with Gasteiger partial charge in [-0.15, -0.1) is 0 Å². The molecule has 5 amide bonds. The molecule has 0 radical (unpaired) electrons. The maximum atomic E-state index is 13.3. The highest BCUT2D eigenvalue weighted by molar-refractivity contribution is 6.23. The number of imide groups is 2. The van der Waals surface area contributed by atoms with Crippen molar-refractivity contribution in [1.82, 2.24) is 20.4 Å². The van der Waals surface area contributed by atoms with Gasteiger partial charge in [0, 0.05) is 56.4 Å². The van der Waals surface area contributed by atoms with Gasteiger partial charge in [0.1, 0.15) is 11.8 Å². The minimum atomic E-state index is -0.957. The van der Waals surface area contributed by atoms with Gasteiger partial charge in [-0.1, -0.05) is 0 Å². The van der Waals surface area contributed by atoms with E-state index in [0.29, 0.717) is 46.7 Å². The van der Waals surface area contributed by atoms with Crippen molar-refractivity contribution in [2.24, 2.45) is 11.3 Å². The molecule has 0 bridgehead atoms. The van der Waals surface area contributed by atoms with Crippen molar-refractivity contribution in [2.45, 2.75) is 102 Å². The van der Waals surface area contributed by atoms with Crippen LogP contribution in [0.4, 0.5) is 5.69 Å². The van der Waals surface area contributed by atoms with E-state index in [-0.39, 0.29) is 36.8 Å². The largest absolute Gasteiger partial charge is 0.490 e. The first-order chi connectivity index (χ1) is 27.5. The Kier molecular flexibility index (Phi) is 9.59. The van der Waals surface area contributed by atoms with Gasteiger partial charge >= 0.3 is 0 Å². The monoisotopic (exact) mass is 768 g/mol. The van der Waals surface area contributed by atoms with Gasteiger partial charge in [-0.25, -0.2) is 0 Å². The molecule has 2 saturated heterocycles. The van der Waals surface area contributed by atoms with Gasteiger partial charge in [0.25, 0.3) is 17.7 Å². The lowest BCUT2D eigenvalue weighted by Gasteiger charge is -2.51. The average molecular weight is 769 g/mol. The van der Waals surface area contributed by atoms with E-state index < -0.39 is 23.8 Å². The van der Waals surface area contributed by atoms with Crippen molar-refractivity contribution in [1.29, 1.82) is 5.26 Å². The number of anilines is 1. The summed E-state index contributed by atoms with van der Waals surface area (Å²) in [7, 11) is 0. The van der Waals surface area contributed by atoms with Crippen molar-refractivity contribution in [2.75, 3.05) is 24.5 Å². The Balaban J connectivity index is 0.707. The summed E-state index contributed by atoms with van der Waals surface area (Å²) in [5.74, 6) is -0.551. The molecule has 12 nitrogen and oxygen atoms in total. The third kappa shape index (κ3) is 7.18. The number of nitrogens with zero attached hydrogens (tertiary/aromatic N) is 4. The molecule has 9 rings (SSSR count). The number of ether oxygens (including phenoxy) is 1. The zero-order valence-electron chi connectivity index (χ0n) is 32.4. The Bertz CT molecular complexity index is 2140. The van der Waals surface area contributed by atoms with E-state index in [1.165, 1.54) is 0 Å². The first-order valence-electron chi connectivity index (χ1n) is 20.5. The summed E-state index contributed by atoms with van der Waals surface area (Å²) in [6.07, 6.45) is 8.81. The van der Waals surface area contributed by atoms with E-state index in [4.69, 9.17) is 4.74 Å². The number of rotatable bonds is 8. The number of hydrogen-bond donors (Lipinski definition) is 2. The highest BCUT2D eigenvalue weighted by atomic mass is 16.5. The summed E-state index contributed by atoms with van der Waals surface area (Å²) in [6, 6.07) is 18.8. The molecule has 4 heterocycles. The number of carbonyl (C=O) groups excluding carboxylic acids is 5. The molecule has 294 valence electrons. The summed E-state index contributed by atoms with van der Waals surface area (Å²) >= 11 is 0. The topological polar surface area (TPSA) is 152 Å². The molecule has 2 saturated carbocycles. The number of fused-ring (bicyclic) bond motifs is 2. The van der Waals surface area contributed by atoms with E-state index in [1.807, 2.05) is 49.4 Å². The molecular weight excluding hydrogens is 721 g/mol. The number of nitrogens with one attached hydrogen (secondary N) is 2. The van der Waals surface area contributed by atoms with Crippen LogP contribution in [0.5, 0.6) is 5.75 Å². The number of nitriles is 1. The van der Waals surface area contributed by atoms with Gasteiger partial charge in [-0.05, 0) is 147 Å². The summed E-state index contributed by atoms with van der Waals surface area (Å²) in [5.41, 5.74) is 6.53. The summed E-state index contributed by atoms with van der Waals surface area (Å²) in [5, 5.41) is 14.7. The molecule has 2 N–H and O–H groups in total. The van der Waals surface area contributed by atoms with E-state index in [1.54, 1.807) is 0 Å². The zero-order chi connectivity index (χ0) is 39.4. The van der Waals surface area contributed by atoms with Crippen molar-refractivity contribution in [3.05, 3.63) is 93.5 Å². The smallest absolute Gasteiger partial charge is 0.262 e. The van der Waals surface area contributed by atoms with Gasteiger partial charge in [0.2, 0.25) is 11.8 Å². The van der Waals surface area contributed by atoms with Crippen LogP contribution in [0.15, 0.2) is 54.6 Å². The Hall–Kier alpha value is -5.54. The number of amides is 5. The van der Waals surface area contributed by atoms with E-state index >= 15 is 0 Å².